The van der Waals surface area contributed by atoms with Crippen molar-refractivity contribution in [2.24, 2.45) is 5.92 Å². The minimum Gasteiger partial charge on any atom is -0.355 e. The molecular weight excluding hydrogens is 358 g/mol. The zero-order valence-corrected chi connectivity index (χ0v) is 15.2. The van der Waals surface area contributed by atoms with Crippen LogP contribution in [0.1, 0.15) is 6.92 Å². The van der Waals surface area contributed by atoms with Crippen molar-refractivity contribution in [3.05, 3.63) is 55.1 Å². The van der Waals surface area contributed by atoms with Gasteiger partial charge in [-0.15, -0.1) is 0 Å². The average Bonchev–Trinajstić information content (AvgIpc) is 3.15. The summed E-state index contributed by atoms with van der Waals surface area (Å²) in [5, 5.41) is 9.76. The van der Waals surface area contributed by atoms with Crippen LogP contribution in [0.5, 0.6) is 0 Å². The summed E-state index contributed by atoms with van der Waals surface area (Å²) in [7, 11) is 0. The Morgan fingerprint density at radius 2 is 1.79 bits per heavy atom. The predicted molar refractivity (Wildman–Crippen MR) is 104 cm³/mol. The molecule has 0 aliphatic carbocycles. The van der Waals surface area contributed by atoms with Crippen molar-refractivity contribution in [1.29, 1.82) is 0 Å². The van der Waals surface area contributed by atoms with E-state index in [0.717, 1.165) is 5.82 Å². The van der Waals surface area contributed by atoms with Crippen LogP contribution < -0.4 is 15.5 Å². The molecule has 3 heterocycles. The van der Waals surface area contributed by atoms with Crippen LogP contribution >= 0.6 is 0 Å². The molecule has 28 heavy (non-hydrogen) atoms. The summed E-state index contributed by atoms with van der Waals surface area (Å²) >= 11 is 0. The van der Waals surface area contributed by atoms with Gasteiger partial charge in [-0.05, 0) is 24.3 Å². The lowest BCUT2D eigenvalue weighted by Crippen LogP contribution is -2.52. The number of nitrogens with zero attached hydrogens (tertiary/aromatic N) is 5. The Morgan fingerprint density at radius 3 is 2.50 bits per heavy atom. The normalized spacial score (nSPS) is 13.7. The quantitative estimate of drug-likeness (QED) is 0.701. The number of benzene rings is 1. The van der Waals surface area contributed by atoms with E-state index in [0.29, 0.717) is 30.3 Å². The summed E-state index contributed by atoms with van der Waals surface area (Å²) in [6, 6.07) is 10.8. The zero-order chi connectivity index (χ0) is 19.5. The first-order valence-electron chi connectivity index (χ1n) is 8.84. The second-order valence-corrected chi connectivity index (χ2v) is 6.54. The zero-order valence-electron chi connectivity index (χ0n) is 15.2. The van der Waals surface area contributed by atoms with Gasteiger partial charge < -0.3 is 15.5 Å². The van der Waals surface area contributed by atoms with E-state index in [9.17, 15) is 9.59 Å². The first kappa shape index (κ1) is 17.7. The van der Waals surface area contributed by atoms with Crippen LogP contribution in [0.25, 0.3) is 5.82 Å². The van der Waals surface area contributed by atoms with Gasteiger partial charge in [0, 0.05) is 49.8 Å². The molecule has 2 N–H and O–H groups in total. The fourth-order valence-corrected chi connectivity index (χ4v) is 2.99. The maximum atomic E-state index is 12.5. The monoisotopic (exact) mass is 377 g/mol. The Hall–Kier alpha value is -3.75. The molecule has 0 unspecified atom stereocenters. The van der Waals surface area contributed by atoms with Crippen LogP contribution in [-0.4, -0.2) is 44.7 Å². The number of anilines is 3. The molecule has 1 aliphatic rings. The predicted octanol–water partition coefficient (Wildman–Crippen LogP) is 1.70. The molecule has 142 valence electrons. The summed E-state index contributed by atoms with van der Waals surface area (Å²) in [6.45, 7) is 2.60. The van der Waals surface area contributed by atoms with E-state index in [2.05, 4.69) is 25.7 Å². The van der Waals surface area contributed by atoms with E-state index >= 15 is 0 Å². The lowest BCUT2D eigenvalue weighted by atomic mass is 9.99. The van der Waals surface area contributed by atoms with Crippen molar-refractivity contribution < 1.29 is 9.59 Å². The fourth-order valence-electron chi connectivity index (χ4n) is 2.99. The Bertz CT molecular complexity index is 997. The largest absolute Gasteiger partial charge is 0.355 e. The molecule has 2 aromatic heterocycles. The van der Waals surface area contributed by atoms with Crippen LogP contribution in [0.15, 0.2) is 55.1 Å². The number of hydrogen-bond acceptors (Lipinski definition) is 6. The Labute approximate surface area is 161 Å². The average molecular weight is 377 g/mol. The highest BCUT2D eigenvalue weighted by Gasteiger charge is 2.33. The van der Waals surface area contributed by atoms with Gasteiger partial charge in [0.2, 0.25) is 11.8 Å². The van der Waals surface area contributed by atoms with Gasteiger partial charge in [0.05, 0.1) is 5.92 Å². The maximum absolute atomic E-state index is 12.5. The highest BCUT2D eigenvalue weighted by molar-refractivity contribution is 5.95. The number of amides is 2. The Kier molecular flexibility index (Phi) is 4.71. The highest BCUT2D eigenvalue weighted by Crippen LogP contribution is 2.25. The molecule has 3 aromatic rings. The van der Waals surface area contributed by atoms with Crippen LogP contribution in [0.2, 0.25) is 0 Å². The molecule has 0 atom stereocenters. The number of aromatic nitrogens is 4. The van der Waals surface area contributed by atoms with E-state index in [4.69, 9.17) is 0 Å². The molecule has 0 spiro atoms. The molecule has 1 saturated heterocycles. The smallest absolute Gasteiger partial charge is 0.231 e. The van der Waals surface area contributed by atoms with Crippen molar-refractivity contribution in [2.75, 3.05) is 28.6 Å². The molecule has 0 radical (unpaired) electrons. The van der Waals surface area contributed by atoms with Crippen LogP contribution in [0.3, 0.4) is 0 Å². The second kappa shape index (κ2) is 7.47. The molecular formula is C19H19N7O2. The molecule has 4 rings (SSSR count). The summed E-state index contributed by atoms with van der Waals surface area (Å²) in [4.78, 5) is 34.2. The first-order chi connectivity index (χ1) is 13.6. The van der Waals surface area contributed by atoms with E-state index in [1.165, 1.54) is 13.3 Å². The minimum atomic E-state index is -0.155. The number of carbonyl (C=O) groups is 2. The first-order valence-corrected chi connectivity index (χ1v) is 8.84. The topological polar surface area (TPSA) is 105 Å². The number of carbonyl (C=O) groups excluding carboxylic acids is 2. The fraction of sp³-hybridized carbons (Fsp3) is 0.211. The molecule has 0 saturated carbocycles. The minimum absolute atomic E-state index is 0.0578. The third kappa shape index (κ3) is 3.83. The highest BCUT2D eigenvalue weighted by atomic mass is 16.2. The lowest BCUT2D eigenvalue weighted by molar-refractivity contribution is -0.120. The summed E-state index contributed by atoms with van der Waals surface area (Å²) < 4.78 is 1.66. The van der Waals surface area contributed by atoms with Crippen LogP contribution in [0.4, 0.5) is 17.2 Å². The van der Waals surface area contributed by atoms with Crippen molar-refractivity contribution in [3.8, 4) is 5.82 Å². The summed E-state index contributed by atoms with van der Waals surface area (Å²) in [5.41, 5.74) is 1.30. The Balaban J connectivity index is 1.36. The summed E-state index contributed by atoms with van der Waals surface area (Å²) in [5.74, 6) is 1.09. The van der Waals surface area contributed by atoms with Crippen molar-refractivity contribution in [2.45, 2.75) is 6.92 Å². The number of hydrogen-bond donors (Lipinski definition) is 2. The van der Waals surface area contributed by atoms with Crippen LogP contribution in [-0.2, 0) is 9.59 Å². The second-order valence-electron chi connectivity index (χ2n) is 6.54. The van der Waals surface area contributed by atoms with E-state index in [1.54, 1.807) is 35.1 Å². The molecule has 9 nitrogen and oxygen atoms in total. The summed E-state index contributed by atoms with van der Waals surface area (Å²) in [6.07, 6.45) is 4.99. The SMILES string of the molecule is CC(=O)Nc1cccc(NC(=O)C2CN(c3cc(-n4cccn4)ncn3)C2)c1. The number of rotatable bonds is 5. The molecule has 1 aliphatic heterocycles. The third-order valence-electron chi connectivity index (χ3n) is 4.40. The number of nitrogens with one attached hydrogen (secondary N) is 2. The lowest BCUT2D eigenvalue weighted by Gasteiger charge is -2.39. The molecule has 9 heteroatoms. The molecule has 2 amide bonds. The van der Waals surface area contributed by atoms with E-state index in [1.807, 2.05) is 23.2 Å². The van der Waals surface area contributed by atoms with Gasteiger partial charge in [0.1, 0.15) is 12.1 Å². The van der Waals surface area contributed by atoms with E-state index in [-0.39, 0.29) is 17.7 Å². The van der Waals surface area contributed by atoms with Gasteiger partial charge in [-0.25, -0.2) is 14.6 Å². The van der Waals surface area contributed by atoms with Crippen molar-refractivity contribution in [3.63, 3.8) is 0 Å². The van der Waals surface area contributed by atoms with Gasteiger partial charge in [-0.2, -0.15) is 5.10 Å². The Morgan fingerprint density at radius 1 is 1.04 bits per heavy atom. The standard InChI is InChI=1S/C19H19N7O2/c1-13(27)23-15-4-2-5-16(8-15)24-19(28)14-10-25(11-14)17-9-18(21-12-20-17)26-7-3-6-22-26/h2-9,12,14H,10-11H2,1H3,(H,23,27)(H,24,28). The van der Waals surface area contributed by atoms with Crippen molar-refractivity contribution in [1.82, 2.24) is 19.7 Å². The molecule has 1 fully saturated rings. The van der Waals surface area contributed by atoms with Gasteiger partial charge >= 0.3 is 0 Å². The maximum Gasteiger partial charge on any atom is 0.231 e. The van der Waals surface area contributed by atoms with Gasteiger partial charge in [0.15, 0.2) is 5.82 Å². The van der Waals surface area contributed by atoms with E-state index < -0.39 is 0 Å². The molecule has 0 bridgehead atoms. The van der Waals surface area contributed by atoms with Gasteiger partial charge in [-0.1, -0.05) is 6.07 Å². The van der Waals surface area contributed by atoms with Crippen LogP contribution in [0, 0.1) is 5.92 Å². The van der Waals surface area contributed by atoms with Crippen molar-refractivity contribution >= 4 is 29.0 Å². The molecule has 1 aromatic carbocycles. The van der Waals surface area contributed by atoms with Gasteiger partial charge in [0.25, 0.3) is 0 Å². The third-order valence-corrected chi connectivity index (χ3v) is 4.40. The van der Waals surface area contributed by atoms with Gasteiger partial charge in [-0.3, -0.25) is 9.59 Å².